The molecule has 0 radical (unpaired) electrons. The average molecular weight is 278 g/mol. The number of amides is 2. The fraction of sp³-hybridized carbons (Fsp3) is 0.462. The van der Waals surface area contributed by atoms with E-state index < -0.39 is 4.92 Å². The summed E-state index contributed by atoms with van der Waals surface area (Å²) in [4.78, 5) is 26.4. The van der Waals surface area contributed by atoms with Crippen molar-refractivity contribution in [1.82, 2.24) is 9.80 Å². The smallest absolute Gasteiger partial charge is 0.321 e. The van der Waals surface area contributed by atoms with Crippen molar-refractivity contribution < 1.29 is 9.72 Å². The Morgan fingerprint density at radius 3 is 2.55 bits per heavy atom. The molecule has 7 nitrogen and oxygen atoms in total. The molecule has 1 aliphatic heterocycles. The fourth-order valence-corrected chi connectivity index (χ4v) is 2.10. The molecule has 1 aliphatic rings. The molecular weight excluding hydrogens is 260 g/mol. The minimum Gasteiger partial charge on any atom is -0.322 e. The van der Waals surface area contributed by atoms with Crippen LogP contribution in [0.5, 0.6) is 0 Å². The average Bonchev–Trinajstić information content (AvgIpc) is 2.41. The number of carbonyl (C=O) groups excluding carboxylic acids is 1. The van der Waals surface area contributed by atoms with E-state index in [4.69, 9.17) is 0 Å². The molecule has 0 atom stereocenters. The van der Waals surface area contributed by atoms with Gasteiger partial charge in [0.2, 0.25) is 0 Å². The number of hydrogen-bond acceptors (Lipinski definition) is 4. The van der Waals surface area contributed by atoms with Crippen LogP contribution in [0.15, 0.2) is 18.2 Å². The maximum Gasteiger partial charge on any atom is 0.321 e. The van der Waals surface area contributed by atoms with Gasteiger partial charge in [0.05, 0.1) is 4.92 Å². The molecule has 1 fully saturated rings. The fourth-order valence-electron chi connectivity index (χ4n) is 2.10. The molecule has 7 heteroatoms. The number of nitrogens with zero attached hydrogens (tertiary/aromatic N) is 3. The normalized spacial score (nSPS) is 16.0. The van der Waals surface area contributed by atoms with E-state index in [1.54, 1.807) is 24.0 Å². The minimum absolute atomic E-state index is 0.0150. The highest BCUT2D eigenvalue weighted by Gasteiger charge is 2.20. The number of anilines is 1. The summed E-state index contributed by atoms with van der Waals surface area (Å²) >= 11 is 0. The van der Waals surface area contributed by atoms with Crippen molar-refractivity contribution in [2.75, 3.05) is 38.5 Å². The van der Waals surface area contributed by atoms with Crippen LogP contribution in [-0.2, 0) is 0 Å². The lowest BCUT2D eigenvalue weighted by molar-refractivity contribution is -0.385. The first-order valence-corrected chi connectivity index (χ1v) is 6.47. The standard InChI is InChI=1S/C13H18N4O3/c1-10-3-4-11(9-12(10)17(19)20)14-13(18)16-7-5-15(2)6-8-16/h3-4,9H,5-8H2,1-2H3,(H,14,18). The van der Waals surface area contributed by atoms with Crippen molar-refractivity contribution in [3.8, 4) is 0 Å². The lowest BCUT2D eigenvalue weighted by Gasteiger charge is -2.32. The summed E-state index contributed by atoms with van der Waals surface area (Å²) in [5, 5.41) is 13.6. The summed E-state index contributed by atoms with van der Waals surface area (Å²) in [7, 11) is 2.01. The molecule has 2 amide bonds. The molecule has 2 rings (SSSR count). The van der Waals surface area contributed by atoms with E-state index in [1.165, 1.54) is 6.07 Å². The van der Waals surface area contributed by atoms with Gasteiger partial charge >= 0.3 is 6.03 Å². The van der Waals surface area contributed by atoms with E-state index in [-0.39, 0.29) is 11.7 Å². The predicted octanol–water partition coefficient (Wildman–Crippen LogP) is 1.68. The lowest BCUT2D eigenvalue weighted by atomic mass is 10.2. The SMILES string of the molecule is Cc1ccc(NC(=O)N2CCN(C)CC2)cc1[N+](=O)[O-]. The van der Waals surface area contributed by atoms with Gasteiger partial charge in [0.1, 0.15) is 0 Å². The maximum atomic E-state index is 12.1. The van der Waals surface area contributed by atoms with E-state index in [9.17, 15) is 14.9 Å². The van der Waals surface area contributed by atoms with Crippen LogP contribution in [0.3, 0.4) is 0 Å². The molecule has 1 N–H and O–H groups in total. The lowest BCUT2D eigenvalue weighted by Crippen LogP contribution is -2.48. The number of hydrogen-bond donors (Lipinski definition) is 1. The van der Waals surface area contributed by atoms with Crippen LogP contribution in [0.4, 0.5) is 16.2 Å². The Balaban J connectivity index is 2.04. The first kappa shape index (κ1) is 14.3. The van der Waals surface area contributed by atoms with Gasteiger partial charge in [0, 0.05) is 43.5 Å². The van der Waals surface area contributed by atoms with Crippen molar-refractivity contribution >= 4 is 17.4 Å². The topological polar surface area (TPSA) is 78.7 Å². The van der Waals surface area contributed by atoms with Crippen LogP contribution < -0.4 is 5.32 Å². The maximum absolute atomic E-state index is 12.1. The Morgan fingerprint density at radius 1 is 1.30 bits per heavy atom. The van der Waals surface area contributed by atoms with Gasteiger partial charge in [-0.3, -0.25) is 10.1 Å². The highest BCUT2D eigenvalue weighted by Crippen LogP contribution is 2.22. The second-order valence-corrected chi connectivity index (χ2v) is 4.98. The van der Waals surface area contributed by atoms with Crippen molar-refractivity contribution in [2.24, 2.45) is 0 Å². The number of urea groups is 1. The van der Waals surface area contributed by atoms with Gasteiger partial charge in [-0.2, -0.15) is 0 Å². The Bertz CT molecular complexity index is 524. The van der Waals surface area contributed by atoms with Crippen LogP contribution in [0.25, 0.3) is 0 Å². The first-order chi connectivity index (χ1) is 9.47. The van der Waals surface area contributed by atoms with Gasteiger partial charge in [-0.05, 0) is 20.0 Å². The number of likely N-dealkylation sites (N-methyl/N-ethyl adjacent to an activating group) is 1. The highest BCUT2D eigenvalue weighted by atomic mass is 16.6. The van der Waals surface area contributed by atoms with Gasteiger partial charge < -0.3 is 15.1 Å². The van der Waals surface area contributed by atoms with E-state index in [1.807, 2.05) is 7.05 Å². The van der Waals surface area contributed by atoms with Crippen molar-refractivity contribution in [3.05, 3.63) is 33.9 Å². The zero-order valence-corrected chi connectivity index (χ0v) is 11.6. The summed E-state index contributed by atoms with van der Waals surface area (Å²) in [6, 6.07) is 4.49. The minimum atomic E-state index is -0.444. The summed E-state index contributed by atoms with van der Waals surface area (Å²) in [5.74, 6) is 0. The molecule has 0 unspecified atom stereocenters. The number of carbonyl (C=O) groups is 1. The second kappa shape index (κ2) is 5.87. The summed E-state index contributed by atoms with van der Waals surface area (Å²) in [6.07, 6.45) is 0. The van der Waals surface area contributed by atoms with Gasteiger partial charge in [0.25, 0.3) is 5.69 Å². The third-order valence-electron chi connectivity index (χ3n) is 3.45. The Kier molecular flexibility index (Phi) is 4.19. The molecule has 0 aromatic heterocycles. The summed E-state index contributed by atoms with van der Waals surface area (Å²) in [6.45, 7) is 4.67. The van der Waals surface area contributed by atoms with Gasteiger partial charge in [-0.1, -0.05) is 6.07 Å². The van der Waals surface area contributed by atoms with Crippen molar-refractivity contribution in [2.45, 2.75) is 6.92 Å². The molecule has 1 aromatic carbocycles. The zero-order chi connectivity index (χ0) is 14.7. The molecule has 0 spiro atoms. The number of rotatable bonds is 2. The molecule has 1 saturated heterocycles. The Labute approximate surface area is 117 Å². The van der Waals surface area contributed by atoms with Gasteiger partial charge in [-0.25, -0.2) is 4.79 Å². The number of piperazine rings is 1. The Hall–Kier alpha value is -2.15. The monoisotopic (exact) mass is 278 g/mol. The van der Waals surface area contributed by atoms with Crippen molar-refractivity contribution in [3.63, 3.8) is 0 Å². The molecule has 1 aromatic rings. The van der Waals surface area contributed by atoms with Crippen LogP contribution >= 0.6 is 0 Å². The second-order valence-electron chi connectivity index (χ2n) is 4.98. The molecule has 20 heavy (non-hydrogen) atoms. The third kappa shape index (κ3) is 3.24. The van der Waals surface area contributed by atoms with Gasteiger partial charge in [-0.15, -0.1) is 0 Å². The number of nitrogens with one attached hydrogen (secondary N) is 1. The Morgan fingerprint density at radius 2 is 1.95 bits per heavy atom. The molecule has 108 valence electrons. The summed E-state index contributed by atoms with van der Waals surface area (Å²) in [5.41, 5.74) is 1.04. The summed E-state index contributed by atoms with van der Waals surface area (Å²) < 4.78 is 0. The molecule has 0 saturated carbocycles. The highest BCUT2D eigenvalue weighted by molar-refractivity contribution is 5.89. The molecule has 1 heterocycles. The van der Waals surface area contributed by atoms with Crippen LogP contribution in [0.1, 0.15) is 5.56 Å². The van der Waals surface area contributed by atoms with E-state index in [0.717, 1.165) is 13.1 Å². The molecular formula is C13H18N4O3. The third-order valence-corrected chi connectivity index (χ3v) is 3.45. The van der Waals surface area contributed by atoms with Gasteiger partial charge in [0.15, 0.2) is 0 Å². The number of nitro benzene ring substituents is 1. The van der Waals surface area contributed by atoms with E-state index in [2.05, 4.69) is 10.2 Å². The number of nitro groups is 1. The zero-order valence-electron chi connectivity index (χ0n) is 11.6. The molecule has 0 aliphatic carbocycles. The number of aryl methyl sites for hydroxylation is 1. The quantitative estimate of drug-likeness (QED) is 0.659. The van der Waals surface area contributed by atoms with E-state index >= 15 is 0 Å². The number of benzene rings is 1. The van der Waals surface area contributed by atoms with Crippen LogP contribution in [0, 0.1) is 17.0 Å². The van der Waals surface area contributed by atoms with Crippen LogP contribution in [0.2, 0.25) is 0 Å². The van der Waals surface area contributed by atoms with E-state index in [0.29, 0.717) is 24.3 Å². The molecule has 0 bridgehead atoms. The largest absolute Gasteiger partial charge is 0.322 e. The van der Waals surface area contributed by atoms with Crippen molar-refractivity contribution in [1.29, 1.82) is 0 Å². The van der Waals surface area contributed by atoms with Crippen LogP contribution in [-0.4, -0.2) is 54.0 Å². The predicted molar refractivity (Wildman–Crippen MR) is 75.9 cm³/mol. The first-order valence-electron chi connectivity index (χ1n) is 6.47.